The lowest BCUT2D eigenvalue weighted by Gasteiger charge is -2.09. The van der Waals surface area contributed by atoms with E-state index in [1.54, 1.807) is 6.42 Å². The molecular weight excluding hydrogens is 274 g/mol. The summed E-state index contributed by atoms with van der Waals surface area (Å²) < 4.78 is 0. The van der Waals surface area contributed by atoms with E-state index < -0.39 is 0 Å². The molecule has 1 nitrogen and oxygen atoms in total. The van der Waals surface area contributed by atoms with Gasteiger partial charge in [-0.3, -0.25) is 0 Å². The largest absolute Gasteiger partial charge is 0.309 e. The van der Waals surface area contributed by atoms with Crippen molar-refractivity contribution in [3.05, 3.63) is 47.3 Å². The normalized spacial score (nSPS) is 35.9. The first-order chi connectivity index (χ1) is 10.4. The Labute approximate surface area is 130 Å². The van der Waals surface area contributed by atoms with Crippen LogP contribution in [0.1, 0.15) is 24.1 Å². The third-order valence-corrected chi connectivity index (χ3v) is 7.10. The Morgan fingerprint density at radius 2 is 1.71 bits per heavy atom. The summed E-state index contributed by atoms with van der Waals surface area (Å²) in [6, 6.07) is 16.1. The topological polar surface area (TPSA) is 12.0 Å². The maximum Gasteiger partial charge on any atom is 0.0346 e. The van der Waals surface area contributed by atoms with Gasteiger partial charge < -0.3 is 5.32 Å². The second-order valence-electron chi connectivity index (χ2n) is 7.03. The predicted octanol–water partition coefficient (Wildman–Crippen LogP) is 4.55. The van der Waals surface area contributed by atoms with Crippen molar-refractivity contribution in [3.8, 4) is 10.4 Å². The number of rotatable bonds is 4. The zero-order valence-corrected chi connectivity index (χ0v) is 13.0. The summed E-state index contributed by atoms with van der Waals surface area (Å²) in [5.74, 6) is 4.22. The first kappa shape index (κ1) is 12.4. The predicted molar refractivity (Wildman–Crippen MR) is 88.2 cm³/mol. The van der Waals surface area contributed by atoms with E-state index in [9.17, 15) is 0 Å². The summed E-state index contributed by atoms with van der Waals surface area (Å²) in [5, 5.41) is 3.85. The lowest BCUT2D eigenvalue weighted by Crippen LogP contribution is -2.21. The fourth-order valence-corrected chi connectivity index (χ4v) is 6.01. The van der Waals surface area contributed by atoms with E-state index in [4.69, 9.17) is 0 Å². The second-order valence-corrected chi connectivity index (χ2v) is 8.19. The van der Waals surface area contributed by atoms with Crippen molar-refractivity contribution in [2.24, 2.45) is 23.7 Å². The van der Waals surface area contributed by atoms with Crippen LogP contribution < -0.4 is 5.32 Å². The van der Waals surface area contributed by atoms with Crippen LogP contribution in [0.2, 0.25) is 0 Å². The van der Waals surface area contributed by atoms with Crippen LogP contribution in [0.5, 0.6) is 0 Å². The molecule has 4 unspecified atom stereocenters. The van der Waals surface area contributed by atoms with Crippen LogP contribution in [0.3, 0.4) is 0 Å². The Morgan fingerprint density at radius 1 is 0.952 bits per heavy atom. The van der Waals surface area contributed by atoms with Crippen molar-refractivity contribution in [3.63, 3.8) is 0 Å². The molecular formula is C19H21NS. The summed E-state index contributed by atoms with van der Waals surface area (Å²) in [5.41, 5.74) is 1.34. The van der Waals surface area contributed by atoms with Gasteiger partial charge in [0.25, 0.3) is 0 Å². The van der Waals surface area contributed by atoms with Gasteiger partial charge in [0.2, 0.25) is 0 Å². The highest BCUT2D eigenvalue weighted by molar-refractivity contribution is 7.15. The molecule has 3 fully saturated rings. The van der Waals surface area contributed by atoms with Crippen LogP contribution in [0.25, 0.3) is 10.4 Å². The third-order valence-electron chi connectivity index (χ3n) is 5.97. The third kappa shape index (κ3) is 2.00. The minimum Gasteiger partial charge on any atom is -0.309 e. The highest BCUT2D eigenvalue weighted by Gasteiger charge is 2.64. The second kappa shape index (κ2) is 4.69. The Morgan fingerprint density at radius 3 is 2.48 bits per heavy atom. The summed E-state index contributed by atoms with van der Waals surface area (Å²) >= 11 is 1.94. The summed E-state index contributed by atoms with van der Waals surface area (Å²) in [7, 11) is 0. The first-order valence-electron chi connectivity index (χ1n) is 8.28. The molecule has 0 aliphatic heterocycles. The van der Waals surface area contributed by atoms with Gasteiger partial charge in [-0.2, -0.15) is 0 Å². The molecule has 0 radical (unpaired) electrons. The quantitative estimate of drug-likeness (QED) is 0.872. The highest BCUT2D eigenvalue weighted by atomic mass is 32.1. The van der Waals surface area contributed by atoms with E-state index in [1.165, 1.54) is 28.2 Å². The van der Waals surface area contributed by atoms with Crippen LogP contribution in [-0.4, -0.2) is 6.04 Å². The molecule has 0 amide bonds. The molecule has 1 aromatic heterocycles. The van der Waals surface area contributed by atoms with E-state index in [0.29, 0.717) is 0 Å². The smallest absolute Gasteiger partial charge is 0.0346 e. The van der Waals surface area contributed by atoms with Crippen LogP contribution in [0, 0.1) is 23.7 Å². The SMILES string of the molecule is c1ccc(-c2ccc(CNC3C4C5CCC(C5)C34)s2)cc1. The van der Waals surface area contributed by atoms with Crippen LogP contribution in [0.15, 0.2) is 42.5 Å². The molecule has 1 heterocycles. The van der Waals surface area contributed by atoms with Gasteiger partial charge in [-0.05, 0) is 60.6 Å². The van der Waals surface area contributed by atoms with E-state index in [-0.39, 0.29) is 0 Å². The van der Waals surface area contributed by atoms with Crippen molar-refractivity contribution in [2.45, 2.75) is 31.8 Å². The van der Waals surface area contributed by atoms with Gasteiger partial charge in [0.05, 0.1) is 0 Å². The molecule has 0 spiro atoms. The van der Waals surface area contributed by atoms with Gasteiger partial charge >= 0.3 is 0 Å². The number of hydrogen-bond donors (Lipinski definition) is 1. The van der Waals surface area contributed by atoms with Crippen molar-refractivity contribution in [2.75, 3.05) is 0 Å². The molecule has 108 valence electrons. The van der Waals surface area contributed by atoms with Gasteiger partial charge in [0, 0.05) is 22.3 Å². The molecule has 3 aliphatic rings. The van der Waals surface area contributed by atoms with Crippen molar-refractivity contribution < 1.29 is 0 Å². The van der Waals surface area contributed by atoms with Gasteiger partial charge in [0.15, 0.2) is 0 Å². The number of thiophene rings is 1. The zero-order valence-electron chi connectivity index (χ0n) is 12.2. The van der Waals surface area contributed by atoms with Crippen LogP contribution >= 0.6 is 11.3 Å². The molecule has 0 saturated heterocycles. The molecule has 1 aromatic carbocycles. The molecule has 5 rings (SSSR count). The van der Waals surface area contributed by atoms with Crippen LogP contribution in [0.4, 0.5) is 0 Å². The fraction of sp³-hybridized carbons (Fsp3) is 0.474. The maximum absolute atomic E-state index is 3.85. The van der Waals surface area contributed by atoms with Crippen molar-refractivity contribution in [1.82, 2.24) is 5.32 Å². The van der Waals surface area contributed by atoms with Crippen molar-refractivity contribution in [1.29, 1.82) is 0 Å². The van der Waals surface area contributed by atoms with E-state index in [2.05, 4.69) is 47.8 Å². The van der Waals surface area contributed by atoms with E-state index in [1.807, 2.05) is 11.3 Å². The lowest BCUT2D eigenvalue weighted by molar-refractivity contribution is 0.456. The number of benzene rings is 1. The Bertz CT molecular complexity index is 631. The lowest BCUT2D eigenvalue weighted by atomic mass is 10.0. The van der Waals surface area contributed by atoms with Gasteiger partial charge in [-0.15, -0.1) is 11.3 Å². The first-order valence-corrected chi connectivity index (χ1v) is 9.09. The minimum absolute atomic E-state index is 0.846. The number of nitrogens with one attached hydrogen (secondary N) is 1. The standard InChI is InChI=1S/C19H21NS/c1-2-4-12(5-3-1)16-9-8-15(21-16)11-20-19-17-13-6-7-14(10-13)18(17)19/h1-5,8-9,13-14,17-20H,6-7,10-11H2. The molecule has 3 aliphatic carbocycles. The number of hydrogen-bond acceptors (Lipinski definition) is 2. The molecule has 2 aromatic rings. The maximum atomic E-state index is 3.85. The monoisotopic (exact) mass is 295 g/mol. The fourth-order valence-electron chi connectivity index (χ4n) is 5.05. The van der Waals surface area contributed by atoms with Crippen LogP contribution in [-0.2, 0) is 6.54 Å². The van der Waals surface area contributed by atoms with E-state index >= 15 is 0 Å². The van der Waals surface area contributed by atoms with Gasteiger partial charge in [-0.1, -0.05) is 30.3 Å². The average Bonchev–Trinajstić information content (AvgIpc) is 2.95. The summed E-state index contributed by atoms with van der Waals surface area (Å²) in [6.45, 7) is 1.06. The molecule has 1 N–H and O–H groups in total. The zero-order chi connectivity index (χ0) is 13.8. The summed E-state index contributed by atoms with van der Waals surface area (Å²) in [6.07, 6.45) is 4.58. The molecule has 21 heavy (non-hydrogen) atoms. The van der Waals surface area contributed by atoms with Gasteiger partial charge in [0.1, 0.15) is 0 Å². The average molecular weight is 295 g/mol. The Balaban J connectivity index is 1.24. The highest BCUT2D eigenvalue weighted by Crippen LogP contribution is 2.65. The van der Waals surface area contributed by atoms with E-state index in [0.717, 1.165) is 36.3 Å². The molecule has 2 bridgehead atoms. The minimum atomic E-state index is 0.846. The van der Waals surface area contributed by atoms with Gasteiger partial charge in [-0.25, -0.2) is 0 Å². The molecule has 4 atom stereocenters. The summed E-state index contributed by atoms with van der Waals surface area (Å²) in [4.78, 5) is 2.87. The van der Waals surface area contributed by atoms with Crippen molar-refractivity contribution >= 4 is 11.3 Å². The number of fused-ring (bicyclic) bond motifs is 5. The Hall–Kier alpha value is -1.12. The molecule has 2 heteroatoms. The molecule has 3 saturated carbocycles. The Kier molecular flexibility index (Phi) is 2.77.